The number of nitrogens with one attached hydrogen (secondary N) is 2. The first-order chi connectivity index (χ1) is 11.9. The second kappa shape index (κ2) is 8.29. The fourth-order valence-corrected chi connectivity index (χ4v) is 2.77. The number of carbonyl (C=O) groups excluding carboxylic acids is 1. The van der Waals surface area contributed by atoms with Crippen LogP contribution < -0.4 is 10.6 Å². The number of alkyl halides is 3. The van der Waals surface area contributed by atoms with E-state index in [1.54, 1.807) is 12.3 Å². The molecular formula is C17H13ClF3N3OS. The third-order valence-electron chi connectivity index (χ3n) is 3.24. The fraction of sp³-hybridized carbons (Fsp3) is 0.0588. The van der Waals surface area contributed by atoms with Crippen LogP contribution in [0.1, 0.15) is 0 Å². The van der Waals surface area contributed by atoms with Gasteiger partial charge in [-0.15, -0.1) is 12.4 Å². The van der Waals surface area contributed by atoms with Crippen molar-refractivity contribution in [1.29, 1.82) is 0 Å². The number of anilines is 2. The Morgan fingerprint density at radius 2 is 1.65 bits per heavy atom. The summed E-state index contributed by atoms with van der Waals surface area (Å²) in [5.41, 5.74) is -2.61. The van der Waals surface area contributed by atoms with Gasteiger partial charge >= 0.3 is 11.5 Å². The molecule has 0 saturated heterocycles. The van der Waals surface area contributed by atoms with Crippen LogP contribution in [0.2, 0.25) is 0 Å². The molecule has 0 bridgehead atoms. The average Bonchev–Trinajstić information content (AvgIpc) is 2.56. The zero-order valence-corrected chi connectivity index (χ0v) is 14.7. The molecule has 0 radical (unpaired) electrons. The van der Waals surface area contributed by atoms with Crippen molar-refractivity contribution in [2.24, 2.45) is 0 Å². The van der Waals surface area contributed by atoms with Gasteiger partial charge in [0, 0.05) is 22.2 Å². The SMILES string of the molecule is Cl.O=C(Nc1ccc(SC(F)(F)F)cc1)Nc1ccnc2ccccc12. The number of fused-ring (bicyclic) bond motifs is 1. The average molecular weight is 400 g/mol. The maximum Gasteiger partial charge on any atom is 0.446 e. The normalized spacial score (nSPS) is 10.9. The predicted octanol–water partition coefficient (Wildman–Crippen LogP) is 5.91. The van der Waals surface area contributed by atoms with E-state index in [4.69, 9.17) is 0 Å². The lowest BCUT2D eigenvalue weighted by Gasteiger charge is -2.10. The van der Waals surface area contributed by atoms with Crippen LogP contribution in [-0.2, 0) is 0 Å². The Morgan fingerprint density at radius 3 is 2.35 bits per heavy atom. The van der Waals surface area contributed by atoms with E-state index < -0.39 is 11.5 Å². The van der Waals surface area contributed by atoms with Crippen molar-refractivity contribution >= 4 is 52.5 Å². The summed E-state index contributed by atoms with van der Waals surface area (Å²) >= 11 is -0.203. The van der Waals surface area contributed by atoms with Crippen molar-refractivity contribution in [3.63, 3.8) is 0 Å². The van der Waals surface area contributed by atoms with Crippen LogP contribution in [0.25, 0.3) is 10.9 Å². The van der Waals surface area contributed by atoms with Crippen molar-refractivity contribution in [2.75, 3.05) is 10.6 Å². The Labute approximate surface area is 157 Å². The van der Waals surface area contributed by atoms with Gasteiger partial charge in [0.05, 0.1) is 11.2 Å². The Bertz CT molecular complexity index is 898. The van der Waals surface area contributed by atoms with Gasteiger partial charge < -0.3 is 10.6 Å². The molecule has 1 aromatic heterocycles. The van der Waals surface area contributed by atoms with Crippen LogP contribution in [0, 0.1) is 0 Å². The number of hydrogen-bond acceptors (Lipinski definition) is 3. The van der Waals surface area contributed by atoms with Gasteiger partial charge in [0.1, 0.15) is 0 Å². The Kier molecular flexibility index (Phi) is 6.33. The number of pyridine rings is 1. The number of benzene rings is 2. The molecule has 3 rings (SSSR count). The molecule has 2 N–H and O–H groups in total. The van der Waals surface area contributed by atoms with Crippen LogP contribution in [0.3, 0.4) is 0 Å². The summed E-state index contributed by atoms with van der Waals surface area (Å²) in [4.78, 5) is 16.4. The smallest absolute Gasteiger partial charge is 0.308 e. The van der Waals surface area contributed by atoms with Gasteiger partial charge in [0.15, 0.2) is 0 Å². The molecule has 136 valence electrons. The van der Waals surface area contributed by atoms with E-state index in [9.17, 15) is 18.0 Å². The molecular weight excluding hydrogens is 387 g/mol. The molecule has 0 saturated carbocycles. The summed E-state index contributed by atoms with van der Waals surface area (Å²) in [6, 6.07) is 14.0. The number of amides is 2. The fourth-order valence-electron chi connectivity index (χ4n) is 2.23. The van der Waals surface area contributed by atoms with Gasteiger partial charge in [-0.25, -0.2) is 4.79 Å². The second-order valence-electron chi connectivity index (χ2n) is 5.03. The number of urea groups is 1. The van der Waals surface area contributed by atoms with E-state index in [1.807, 2.05) is 24.3 Å². The molecule has 0 spiro atoms. The Balaban J connectivity index is 0.00000243. The molecule has 0 aliphatic heterocycles. The molecule has 2 amide bonds. The monoisotopic (exact) mass is 399 g/mol. The van der Waals surface area contributed by atoms with Gasteiger partial charge in [-0.05, 0) is 48.2 Å². The minimum absolute atomic E-state index is 0. The number of para-hydroxylation sites is 1. The number of thioether (sulfide) groups is 1. The standard InChI is InChI=1S/C17H12F3N3OS.ClH/c18-17(19,20)25-12-7-5-11(6-8-12)22-16(24)23-15-9-10-21-14-4-2-1-3-13(14)15;/h1-10H,(H2,21,22,23,24);1H. The number of hydrogen-bond donors (Lipinski definition) is 2. The summed E-state index contributed by atoms with van der Waals surface area (Å²) in [5.74, 6) is 0. The van der Waals surface area contributed by atoms with Crippen LogP contribution in [-0.4, -0.2) is 16.5 Å². The predicted molar refractivity (Wildman–Crippen MR) is 100.0 cm³/mol. The number of nitrogens with zero attached hydrogens (tertiary/aromatic N) is 1. The van der Waals surface area contributed by atoms with Gasteiger partial charge in [0.25, 0.3) is 0 Å². The molecule has 0 aliphatic rings. The second-order valence-corrected chi connectivity index (χ2v) is 6.17. The van der Waals surface area contributed by atoms with E-state index >= 15 is 0 Å². The molecule has 0 unspecified atom stereocenters. The molecule has 0 atom stereocenters. The maximum atomic E-state index is 12.3. The zero-order valence-electron chi connectivity index (χ0n) is 13.1. The molecule has 26 heavy (non-hydrogen) atoms. The first-order valence-electron chi connectivity index (χ1n) is 7.18. The lowest BCUT2D eigenvalue weighted by molar-refractivity contribution is -0.0328. The van der Waals surface area contributed by atoms with Crippen molar-refractivity contribution < 1.29 is 18.0 Å². The van der Waals surface area contributed by atoms with Crippen molar-refractivity contribution in [2.45, 2.75) is 10.4 Å². The summed E-state index contributed by atoms with van der Waals surface area (Å²) < 4.78 is 36.9. The largest absolute Gasteiger partial charge is 0.446 e. The quantitative estimate of drug-likeness (QED) is 0.538. The van der Waals surface area contributed by atoms with Crippen LogP contribution in [0.15, 0.2) is 65.7 Å². The minimum Gasteiger partial charge on any atom is -0.308 e. The Hall–Kier alpha value is -2.45. The van der Waals surface area contributed by atoms with E-state index in [0.717, 1.165) is 10.9 Å². The molecule has 4 nitrogen and oxygen atoms in total. The molecule has 9 heteroatoms. The van der Waals surface area contributed by atoms with Crippen LogP contribution >= 0.6 is 24.2 Å². The van der Waals surface area contributed by atoms with Gasteiger partial charge in [-0.1, -0.05) is 18.2 Å². The third kappa shape index (κ3) is 5.27. The van der Waals surface area contributed by atoms with E-state index in [1.165, 1.54) is 24.3 Å². The first-order valence-corrected chi connectivity index (χ1v) is 8.00. The highest BCUT2D eigenvalue weighted by Crippen LogP contribution is 2.37. The zero-order chi connectivity index (χ0) is 17.9. The topological polar surface area (TPSA) is 54.0 Å². The number of carbonyl (C=O) groups is 1. The highest BCUT2D eigenvalue weighted by molar-refractivity contribution is 8.00. The maximum absolute atomic E-state index is 12.3. The molecule has 2 aromatic carbocycles. The molecule has 0 aliphatic carbocycles. The van der Waals surface area contributed by atoms with Crippen molar-refractivity contribution in [3.8, 4) is 0 Å². The summed E-state index contributed by atoms with van der Waals surface area (Å²) in [7, 11) is 0. The van der Waals surface area contributed by atoms with Gasteiger partial charge in [0.2, 0.25) is 0 Å². The van der Waals surface area contributed by atoms with Crippen LogP contribution in [0.5, 0.6) is 0 Å². The molecule has 1 heterocycles. The third-order valence-corrected chi connectivity index (χ3v) is 3.98. The minimum atomic E-state index is -4.34. The van der Waals surface area contributed by atoms with E-state index in [2.05, 4.69) is 15.6 Å². The molecule has 3 aromatic rings. The van der Waals surface area contributed by atoms with Gasteiger partial charge in [-0.2, -0.15) is 13.2 Å². The van der Waals surface area contributed by atoms with Crippen LogP contribution in [0.4, 0.5) is 29.3 Å². The van der Waals surface area contributed by atoms with E-state index in [0.29, 0.717) is 11.4 Å². The lowest BCUT2D eigenvalue weighted by atomic mass is 10.2. The van der Waals surface area contributed by atoms with Crippen molar-refractivity contribution in [3.05, 3.63) is 60.8 Å². The van der Waals surface area contributed by atoms with Gasteiger partial charge in [-0.3, -0.25) is 4.98 Å². The van der Waals surface area contributed by atoms with E-state index in [-0.39, 0.29) is 29.1 Å². The summed E-state index contributed by atoms with van der Waals surface area (Å²) in [6.07, 6.45) is 1.58. The van der Waals surface area contributed by atoms with Crippen molar-refractivity contribution in [1.82, 2.24) is 4.98 Å². The Morgan fingerprint density at radius 1 is 0.962 bits per heavy atom. The number of aromatic nitrogens is 1. The number of rotatable bonds is 3. The highest BCUT2D eigenvalue weighted by atomic mass is 35.5. The first kappa shape index (κ1) is 19.9. The number of halogens is 4. The summed E-state index contributed by atoms with van der Waals surface area (Å²) in [6.45, 7) is 0. The highest BCUT2D eigenvalue weighted by Gasteiger charge is 2.29. The molecule has 0 fully saturated rings. The summed E-state index contributed by atoms with van der Waals surface area (Å²) in [5, 5.41) is 6.08. The lowest BCUT2D eigenvalue weighted by Crippen LogP contribution is -2.19.